The standard InChI is InChI=1S/C25H26Cl2N4O4S/c1-16-11-29(7-8-31(16)19-4-2-3-18(26)10-19)23(33)17-5-6-21(20(27)9-17)36-12-22(32)30-13-25(14-30)15-35-24(34)28-25/h2-6,9-10,16H,7-8,11-15H2,1H3,(H,28,34)/t16-/m0/s1. The largest absolute Gasteiger partial charge is 0.447 e. The van der Waals surface area contributed by atoms with E-state index in [2.05, 4.69) is 17.1 Å². The number of hydrogen-bond donors (Lipinski definition) is 1. The van der Waals surface area contributed by atoms with Crippen molar-refractivity contribution < 1.29 is 19.1 Å². The van der Waals surface area contributed by atoms with Gasteiger partial charge in [0.15, 0.2) is 0 Å². The van der Waals surface area contributed by atoms with Crippen LogP contribution in [0.1, 0.15) is 17.3 Å². The van der Waals surface area contributed by atoms with Gasteiger partial charge in [0, 0.05) is 59.9 Å². The van der Waals surface area contributed by atoms with E-state index >= 15 is 0 Å². The molecule has 0 radical (unpaired) electrons. The number of alkyl carbamates (subject to hydrolysis) is 1. The van der Waals surface area contributed by atoms with Crippen molar-refractivity contribution in [3.8, 4) is 0 Å². The topological polar surface area (TPSA) is 82.2 Å². The highest BCUT2D eigenvalue weighted by atomic mass is 35.5. The normalized spacial score (nSPS) is 20.7. The molecule has 2 aromatic carbocycles. The lowest BCUT2D eigenvalue weighted by molar-refractivity contribution is -0.136. The summed E-state index contributed by atoms with van der Waals surface area (Å²) in [4.78, 5) is 43.5. The first-order chi connectivity index (χ1) is 17.2. The number of anilines is 1. The molecule has 1 atom stereocenters. The summed E-state index contributed by atoms with van der Waals surface area (Å²) in [5, 5.41) is 3.90. The Bertz CT molecular complexity index is 1210. The van der Waals surface area contributed by atoms with Crippen LogP contribution >= 0.6 is 35.0 Å². The van der Waals surface area contributed by atoms with Crippen molar-refractivity contribution in [2.45, 2.75) is 23.4 Å². The molecule has 3 saturated heterocycles. The molecule has 11 heteroatoms. The molecule has 8 nitrogen and oxygen atoms in total. The van der Waals surface area contributed by atoms with Crippen LogP contribution in [0.2, 0.25) is 10.0 Å². The lowest BCUT2D eigenvalue weighted by Gasteiger charge is -2.45. The van der Waals surface area contributed by atoms with Crippen LogP contribution in [0.3, 0.4) is 0 Å². The molecule has 3 heterocycles. The van der Waals surface area contributed by atoms with Gasteiger partial charge in [-0.3, -0.25) is 9.59 Å². The number of piperazine rings is 1. The first-order valence-corrected chi connectivity index (χ1v) is 13.4. The number of cyclic esters (lactones) is 1. The summed E-state index contributed by atoms with van der Waals surface area (Å²) in [6, 6.07) is 13.1. The fraction of sp³-hybridized carbons (Fsp3) is 0.400. The van der Waals surface area contributed by atoms with Crippen molar-refractivity contribution in [1.29, 1.82) is 0 Å². The van der Waals surface area contributed by atoms with Crippen molar-refractivity contribution in [3.05, 3.63) is 58.1 Å². The maximum absolute atomic E-state index is 13.2. The molecule has 0 unspecified atom stereocenters. The summed E-state index contributed by atoms with van der Waals surface area (Å²) >= 11 is 14.0. The zero-order valence-electron chi connectivity index (χ0n) is 19.7. The molecule has 0 saturated carbocycles. The highest BCUT2D eigenvalue weighted by molar-refractivity contribution is 8.00. The third-order valence-electron chi connectivity index (χ3n) is 6.77. The Kier molecular flexibility index (Phi) is 6.98. The van der Waals surface area contributed by atoms with Crippen LogP contribution in [0.25, 0.3) is 0 Å². The minimum absolute atomic E-state index is 0.0328. The monoisotopic (exact) mass is 548 g/mol. The third kappa shape index (κ3) is 5.10. The average molecular weight is 549 g/mol. The summed E-state index contributed by atoms with van der Waals surface area (Å²) in [5.74, 6) is 0.129. The SMILES string of the molecule is C[C@H]1CN(C(=O)c2ccc(SCC(=O)N3CC4(COC(=O)N4)C3)c(Cl)c2)CCN1c1cccc(Cl)c1. The number of benzene rings is 2. The maximum Gasteiger partial charge on any atom is 0.407 e. The Morgan fingerprint density at radius 1 is 1.14 bits per heavy atom. The lowest BCUT2D eigenvalue weighted by Crippen LogP contribution is -2.70. The van der Waals surface area contributed by atoms with Crippen LogP contribution in [0.15, 0.2) is 47.4 Å². The quantitative estimate of drug-likeness (QED) is 0.573. The van der Waals surface area contributed by atoms with Gasteiger partial charge in [0.2, 0.25) is 5.91 Å². The Morgan fingerprint density at radius 3 is 2.61 bits per heavy atom. The van der Waals surface area contributed by atoms with Crippen LogP contribution in [0.4, 0.5) is 10.5 Å². The number of ether oxygens (including phenoxy) is 1. The maximum atomic E-state index is 13.2. The number of carbonyl (C=O) groups is 3. The molecule has 2 aromatic rings. The third-order valence-corrected chi connectivity index (χ3v) is 8.49. The van der Waals surface area contributed by atoms with E-state index < -0.39 is 11.6 Å². The molecule has 0 bridgehead atoms. The highest BCUT2D eigenvalue weighted by Crippen LogP contribution is 2.31. The van der Waals surface area contributed by atoms with Crippen LogP contribution in [-0.4, -0.2) is 84.4 Å². The van der Waals surface area contributed by atoms with Crippen molar-refractivity contribution in [2.24, 2.45) is 0 Å². The van der Waals surface area contributed by atoms with Gasteiger partial charge in [0.1, 0.15) is 12.1 Å². The van der Waals surface area contributed by atoms with Gasteiger partial charge in [-0.25, -0.2) is 4.79 Å². The van der Waals surface area contributed by atoms with Gasteiger partial charge < -0.3 is 24.8 Å². The van der Waals surface area contributed by atoms with E-state index in [4.69, 9.17) is 27.9 Å². The predicted octanol–water partition coefficient (Wildman–Crippen LogP) is 3.76. The zero-order valence-corrected chi connectivity index (χ0v) is 22.0. The molecule has 0 aliphatic carbocycles. The van der Waals surface area contributed by atoms with Gasteiger partial charge in [-0.2, -0.15) is 0 Å². The van der Waals surface area contributed by atoms with E-state index in [9.17, 15) is 14.4 Å². The number of hydrogen-bond acceptors (Lipinski definition) is 6. The number of nitrogens with zero attached hydrogens (tertiary/aromatic N) is 3. The number of carbonyl (C=O) groups excluding carboxylic acids is 3. The fourth-order valence-electron chi connectivity index (χ4n) is 4.87. The summed E-state index contributed by atoms with van der Waals surface area (Å²) in [6.07, 6.45) is -0.435. The predicted molar refractivity (Wildman–Crippen MR) is 140 cm³/mol. The first kappa shape index (κ1) is 25.0. The van der Waals surface area contributed by atoms with E-state index in [0.717, 1.165) is 10.6 Å². The molecule has 5 rings (SSSR count). The van der Waals surface area contributed by atoms with Gasteiger partial charge in [-0.15, -0.1) is 11.8 Å². The number of amides is 3. The van der Waals surface area contributed by atoms with Gasteiger partial charge in [-0.1, -0.05) is 29.3 Å². The van der Waals surface area contributed by atoms with Crippen molar-refractivity contribution in [1.82, 2.24) is 15.1 Å². The molecule has 3 fully saturated rings. The number of thioether (sulfide) groups is 1. The van der Waals surface area contributed by atoms with Gasteiger partial charge >= 0.3 is 6.09 Å². The Morgan fingerprint density at radius 2 is 1.94 bits per heavy atom. The molecule has 190 valence electrons. The van der Waals surface area contributed by atoms with E-state index in [-0.39, 0.29) is 23.6 Å². The molecule has 1 N–H and O–H groups in total. The Labute approximate surface area is 223 Å². The number of halogens is 2. The number of likely N-dealkylation sites (tertiary alicyclic amines) is 1. The molecular formula is C25H26Cl2N4O4S. The smallest absolute Gasteiger partial charge is 0.407 e. The Balaban J connectivity index is 1.14. The minimum atomic E-state index is -0.436. The van der Waals surface area contributed by atoms with E-state index in [0.29, 0.717) is 54.9 Å². The second-order valence-electron chi connectivity index (χ2n) is 9.44. The summed E-state index contributed by atoms with van der Waals surface area (Å²) in [6.45, 7) is 5.18. The summed E-state index contributed by atoms with van der Waals surface area (Å²) in [5.41, 5.74) is 1.14. The summed E-state index contributed by atoms with van der Waals surface area (Å²) < 4.78 is 4.94. The minimum Gasteiger partial charge on any atom is -0.447 e. The molecule has 3 aliphatic heterocycles. The number of nitrogens with one attached hydrogen (secondary N) is 1. The van der Waals surface area contributed by atoms with Crippen molar-refractivity contribution in [3.63, 3.8) is 0 Å². The van der Waals surface area contributed by atoms with Crippen LogP contribution < -0.4 is 10.2 Å². The first-order valence-electron chi connectivity index (χ1n) is 11.7. The molecule has 3 aliphatic rings. The number of rotatable bonds is 5. The van der Waals surface area contributed by atoms with Crippen molar-refractivity contribution in [2.75, 3.05) is 50.0 Å². The average Bonchev–Trinajstić information content (AvgIpc) is 3.23. The molecule has 1 spiro atoms. The van der Waals surface area contributed by atoms with Crippen LogP contribution in [-0.2, 0) is 9.53 Å². The van der Waals surface area contributed by atoms with Gasteiger partial charge in [0.25, 0.3) is 5.91 Å². The molecular weight excluding hydrogens is 523 g/mol. The Hall–Kier alpha value is -2.62. The highest BCUT2D eigenvalue weighted by Gasteiger charge is 2.50. The van der Waals surface area contributed by atoms with E-state index in [1.165, 1.54) is 11.8 Å². The van der Waals surface area contributed by atoms with Crippen LogP contribution in [0.5, 0.6) is 0 Å². The molecule has 0 aromatic heterocycles. The van der Waals surface area contributed by atoms with E-state index in [1.54, 1.807) is 23.1 Å². The fourth-order valence-corrected chi connectivity index (χ4v) is 6.22. The zero-order chi connectivity index (χ0) is 25.4. The van der Waals surface area contributed by atoms with Crippen molar-refractivity contribution >= 4 is 58.6 Å². The second-order valence-corrected chi connectivity index (χ2v) is 11.3. The lowest BCUT2D eigenvalue weighted by atomic mass is 9.92. The van der Waals surface area contributed by atoms with Crippen LogP contribution in [0, 0.1) is 0 Å². The summed E-state index contributed by atoms with van der Waals surface area (Å²) in [7, 11) is 0. The van der Waals surface area contributed by atoms with Gasteiger partial charge in [-0.05, 0) is 43.3 Å². The van der Waals surface area contributed by atoms with E-state index in [1.807, 2.05) is 29.2 Å². The molecule has 3 amide bonds. The second kappa shape index (κ2) is 10.0. The molecule has 36 heavy (non-hydrogen) atoms. The van der Waals surface area contributed by atoms with Gasteiger partial charge in [0.05, 0.1) is 10.8 Å².